The Kier molecular flexibility index (Phi) is 3.83. The summed E-state index contributed by atoms with van der Waals surface area (Å²) in [5, 5.41) is 10.3. The van der Waals surface area contributed by atoms with Crippen molar-refractivity contribution in [2.45, 2.75) is 18.7 Å². The van der Waals surface area contributed by atoms with Crippen molar-refractivity contribution in [1.29, 1.82) is 0 Å². The van der Waals surface area contributed by atoms with Crippen molar-refractivity contribution >= 4 is 0 Å². The lowest BCUT2D eigenvalue weighted by Crippen LogP contribution is -2.52. The van der Waals surface area contributed by atoms with Crippen LogP contribution < -0.4 is 0 Å². The second-order valence-corrected chi connectivity index (χ2v) is 5.70. The van der Waals surface area contributed by atoms with Gasteiger partial charge in [-0.2, -0.15) is 0 Å². The third-order valence-electron chi connectivity index (χ3n) is 4.27. The highest BCUT2D eigenvalue weighted by molar-refractivity contribution is 4.95. The second kappa shape index (κ2) is 5.58. The number of piperazine rings is 1. The molecule has 0 unspecified atom stereocenters. The summed E-state index contributed by atoms with van der Waals surface area (Å²) < 4.78 is 0. The number of hydrogen-bond donors (Lipinski definition) is 2. The molecule has 2 aliphatic heterocycles. The fraction of sp³-hybridized carbons (Fsp3) is 0.769. The third-order valence-corrected chi connectivity index (χ3v) is 4.27. The molecule has 2 aliphatic rings. The van der Waals surface area contributed by atoms with Crippen molar-refractivity contribution < 1.29 is 5.11 Å². The fourth-order valence-electron chi connectivity index (χ4n) is 3.08. The normalized spacial score (nSPS) is 31.1. The number of rotatable bonds is 3. The van der Waals surface area contributed by atoms with Gasteiger partial charge in [0.25, 0.3) is 0 Å². The molecule has 6 heteroatoms. The van der Waals surface area contributed by atoms with Crippen LogP contribution in [0.15, 0.2) is 12.4 Å². The number of likely N-dealkylation sites (N-methyl/N-ethyl adjacent to an activating group) is 1. The number of β-amino-alcohol motifs (C(OH)–C–C–N with tert-alkyl or cyclic N) is 1. The summed E-state index contributed by atoms with van der Waals surface area (Å²) >= 11 is 0. The minimum atomic E-state index is -0.238. The summed E-state index contributed by atoms with van der Waals surface area (Å²) in [5.74, 6) is 0.978. The number of H-pyrrole nitrogens is 1. The van der Waals surface area contributed by atoms with Crippen LogP contribution in [0.1, 0.15) is 5.82 Å². The molecular weight excluding hydrogens is 242 g/mol. The SMILES string of the molecule is CN1CCN([C@@H]2CN(Cc3ncc[nH]3)C[C@H]2O)CC1. The van der Waals surface area contributed by atoms with Crippen molar-refractivity contribution in [2.24, 2.45) is 0 Å². The molecule has 2 atom stereocenters. The van der Waals surface area contributed by atoms with Gasteiger partial charge in [0.05, 0.1) is 12.6 Å². The van der Waals surface area contributed by atoms with Gasteiger partial charge in [-0.25, -0.2) is 4.98 Å². The maximum absolute atomic E-state index is 10.3. The number of aromatic amines is 1. The Balaban J connectivity index is 1.56. The molecule has 3 rings (SSSR count). The minimum absolute atomic E-state index is 0.238. The van der Waals surface area contributed by atoms with E-state index in [4.69, 9.17) is 0 Å². The number of hydrogen-bond acceptors (Lipinski definition) is 5. The molecule has 2 saturated heterocycles. The molecule has 2 N–H and O–H groups in total. The largest absolute Gasteiger partial charge is 0.390 e. The highest BCUT2D eigenvalue weighted by Crippen LogP contribution is 2.19. The van der Waals surface area contributed by atoms with E-state index in [-0.39, 0.29) is 12.1 Å². The zero-order valence-corrected chi connectivity index (χ0v) is 11.5. The summed E-state index contributed by atoms with van der Waals surface area (Å²) in [7, 11) is 2.16. The van der Waals surface area contributed by atoms with E-state index in [2.05, 4.69) is 31.7 Å². The first kappa shape index (κ1) is 13.1. The summed E-state index contributed by atoms with van der Waals surface area (Å²) in [6, 6.07) is 0.281. The maximum Gasteiger partial charge on any atom is 0.120 e. The predicted octanol–water partition coefficient (Wildman–Crippen LogP) is -0.798. The summed E-state index contributed by atoms with van der Waals surface area (Å²) in [6.07, 6.45) is 3.39. The number of aliphatic hydroxyl groups excluding tert-OH is 1. The number of likely N-dealkylation sites (tertiary alicyclic amines) is 1. The van der Waals surface area contributed by atoms with Gasteiger partial charge < -0.3 is 15.0 Å². The van der Waals surface area contributed by atoms with Gasteiger partial charge in [0.2, 0.25) is 0 Å². The van der Waals surface area contributed by atoms with Crippen LogP contribution >= 0.6 is 0 Å². The molecule has 2 fully saturated rings. The number of aliphatic hydroxyl groups is 1. The smallest absolute Gasteiger partial charge is 0.120 e. The Hall–Kier alpha value is -0.950. The van der Waals surface area contributed by atoms with E-state index in [1.165, 1.54) is 0 Å². The van der Waals surface area contributed by atoms with Crippen LogP contribution in [-0.2, 0) is 6.54 Å². The van der Waals surface area contributed by atoms with Crippen molar-refractivity contribution in [3.63, 3.8) is 0 Å². The van der Waals surface area contributed by atoms with Crippen molar-refractivity contribution in [3.05, 3.63) is 18.2 Å². The van der Waals surface area contributed by atoms with Gasteiger partial charge >= 0.3 is 0 Å². The Morgan fingerprint density at radius 3 is 2.79 bits per heavy atom. The summed E-state index contributed by atoms with van der Waals surface area (Å²) in [5.41, 5.74) is 0. The van der Waals surface area contributed by atoms with Crippen LogP contribution in [0, 0.1) is 0 Å². The molecule has 0 bridgehead atoms. The van der Waals surface area contributed by atoms with Gasteiger partial charge in [0, 0.05) is 57.7 Å². The maximum atomic E-state index is 10.3. The van der Waals surface area contributed by atoms with Crippen LogP contribution in [0.3, 0.4) is 0 Å². The molecule has 0 spiro atoms. The molecule has 0 radical (unpaired) electrons. The highest BCUT2D eigenvalue weighted by atomic mass is 16.3. The lowest BCUT2D eigenvalue weighted by Gasteiger charge is -2.37. The lowest BCUT2D eigenvalue weighted by atomic mass is 10.1. The quantitative estimate of drug-likeness (QED) is 0.749. The first-order valence-corrected chi connectivity index (χ1v) is 7.03. The molecule has 0 amide bonds. The predicted molar refractivity (Wildman–Crippen MR) is 72.7 cm³/mol. The number of imidazole rings is 1. The molecule has 3 heterocycles. The van der Waals surface area contributed by atoms with Gasteiger partial charge in [-0.05, 0) is 7.05 Å². The van der Waals surface area contributed by atoms with Crippen molar-refractivity contribution in [2.75, 3.05) is 46.3 Å². The van der Waals surface area contributed by atoms with Crippen LogP contribution in [0.25, 0.3) is 0 Å². The number of aromatic nitrogens is 2. The second-order valence-electron chi connectivity index (χ2n) is 5.70. The minimum Gasteiger partial charge on any atom is -0.390 e. The number of nitrogens with zero attached hydrogens (tertiary/aromatic N) is 4. The van der Waals surface area contributed by atoms with Crippen molar-refractivity contribution in [1.82, 2.24) is 24.7 Å². The van der Waals surface area contributed by atoms with Gasteiger partial charge in [-0.3, -0.25) is 9.80 Å². The summed E-state index contributed by atoms with van der Waals surface area (Å²) in [4.78, 5) is 14.4. The first-order valence-electron chi connectivity index (χ1n) is 7.03. The average molecular weight is 265 g/mol. The summed E-state index contributed by atoms with van der Waals surface area (Å²) in [6.45, 7) is 6.81. The van der Waals surface area contributed by atoms with Crippen LogP contribution in [0.4, 0.5) is 0 Å². The third kappa shape index (κ3) is 2.97. The van der Waals surface area contributed by atoms with Gasteiger partial charge in [0.1, 0.15) is 5.82 Å². The Bertz CT molecular complexity index is 388. The average Bonchev–Trinajstić information content (AvgIpc) is 3.01. The molecule has 1 aromatic rings. The fourth-order valence-corrected chi connectivity index (χ4v) is 3.08. The Labute approximate surface area is 114 Å². The standard InChI is InChI=1S/C13H23N5O/c1-16-4-6-18(7-5-16)11-8-17(9-12(11)19)10-13-14-2-3-15-13/h2-3,11-12,19H,4-10H2,1H3,(H,14,15)/t11-,12-/m1/s1. The number of nitrogens with one attached hydrogen (secondary N) is 1. The zero-order chi connectivity index (χ0) is 13.2. The molecule has 106 valence electrons. The molecule has 19 heavy (non-hydrogen) atoms. The van der Waals surface area contributed by atoms with E-state index in [9.17, 15) is 5.11 Å². The zero-order valence-electron chi connectivity index (χ0n) is 11.5. The van der Waals surface area contributed by atoms with E-state index in [1.807, 2.05) is 6.20 Å². The molecule has 0 aromatic carbocycles. The van der Waals surface area contributed by atoms with E-state index in [0.29, 0.717) is 0 Å². The lowest BCUT2D eigenvalue weighted by molar-refractivity contribution is 0.0512. The van der Waals surface area contributed by atoms with Gasteiger partial charge in [-0.15, -0.1) is 0 Å². The molecule has 0 aliphatic carbocycles. The van der Waals surface area contributed by atoms with Gasteiger partial charge in [0.15, 0.2) is 0 Å². The van der Waals surface area contributed by atoms with Crippen molar-refractivity contribution in [3.8, 4) is 0 Å². The topological polar surface area (TPSA) is 58.6 Å². The monoisotopic (exact) mass is 265 g/mol. The van der Waals surface area contributed by atoms with Crippen LogP contribution in [-0.4, -0.2) is 88.2 Å². The van der Waals surface area contributed by atoms with E-state index in [1.54, 1.807) is 6.20 Å². The molecule has 6 nitrogen and oxygen atoms in total. The van der Waals surface area contributed by atoms with E-state index < -0.39 is 0 Å². The van der Waals surface area contributed by atoms with E-state index in [0.717, 1.165) is 51.6 Å². The Morgan fingerprint density at radius 1 is 1.32 bits per heavy atom. The molecule has 0 saturated carbocycles. The van der Waals surface area contributed by atoms with Crippen LogP contribution in [0.5, 0.6) is 0 Å². The Morgan fingerprint density at radius 2 is 2.11 bits per heavy atom. The van der Waals surface area contributed by atoms with Gasteiger partial charge in [-0.1, -0.05) is 0 Å². The first-order chi connectivity index (χ1) is 9.22. The molecule has 1 aromatic heterocycles. The molecular formula is C13H23N5O. The van der Waals surface area contributed by atoms with E-state index >= 15 is 0 Å². The highest BCUT2D eigenvalue weighted by Gasteiger charge is 2.36. The van der Waals surface area contributed by atoms with Crippen LogP contribution in [0.2, 0.25) is 0 Å².